The third kappa shape index (κ3) is 3.50. The Morgan fingerprint density at radius 3 is 2.93 bits per heavy atom. The lowest BCUT2D eigenvalue weighted by Crippen LogP contribution is -2.18. The van der Waals surface area contributed by atoms with E-state index in [1.807, 2.05) is 29.1 Å². The number of hydrogen-bond acceptors (Lipinski definition) is 7. The molecule has 1 N–H and O–H groups in total. The summed E-state index contributed by atoms with van der Waals surface area (Å²) in [6.07, 6.45) is 5.03. The number of nitrogens with one attached hydrogen (secondary N) is 1. The second-order valence-corrected chi connectivity index (χ2v) is 7.19. The second kappa shape index (κ2) is 7.60. The number of anilines is 2. The van der Waals surface area contributed by atoms with Crippen LogP contribution in [-0.2, 0) is 4.74 Å². The fourth-order valence-electron chi connectivity index (χ4n) is 3.67. The number of ether oxygens (including phenoxy) is 1. The van der Waals surface area contributed by atoms with E-state index >= 15 is 0 Å². The summed E-state index contributed by atoms with van der Waals surface area (Å²) < 4.78 is 13.1. The summed E-state index contributed by atoms with van der Waals surface area (Å²) in [6, 6.07) is 13.9. The molecule has 0 radical (unpaired) electrons. The highest BCUT2D eigenvalue weighted by molar-refractivity contribution is 5.83. The maximum Gasteiger partial charge on any atom is 0.270 e. The molecule has 4 aromatic rings. The van der Waals surface area contributed by atoms with Crippen LogP contribution >= 0.6 is 0 Å². The Morgan fingerprint density at radius 2 is 2.10 bits per heavy atom. The van der Waals surface area contributed by atoms with Gasteiger partial charge in [0.05, 0.1) is 16.6 Å². The molecular weight excluding hydrogens is 386 g/mol. The van der Waals surface area contributed by atoms with Gasteiger partial charge in [0.15, 0.2) is 17.8 Å². The molecule has 0 bridgehead atoms. The maximum absolute atomic E-state index is 11.0. The zero-order valence-electron chi connectivity index (χ0n) is 16.0. The van der Waals surface area contributed by atoms with Crippen molar-refractivity contribution in [3.05, 3.63) is 64.8 Å². The van der Waals surface area contributed by atoms with Crippen molar-refractivity contribution < 1.29 is 14.2 Å². The van der Waals surface area contributed by atoms with Crippen molar-refractivity contribution in [1.29, 1.82) is 0 Å². The van der Waals surface area contributed by atoms with Gasteiger partial charge >= 0.3 is 0 Å². The lowest BCUT2D eigenvalue weighted by molar-refractivity contribution is -0.384. The maximum atomic E-state index is 11.0. The summed E-state index contributed by atoms with van der Waals surface area (Å²) in [4.78, 5) is 10.5. The summed E-state index contributed by atoms with van der Waals surface area (Å²) in [5.41, 5.74) is 2.45. The number of aromatic nitrogens is 3. The van der Waals surface area contributed by atoms with Crippen LogP contribution in [0.25, 0.3) is 22.2 Å². The minimum Gasteiger partial charge on any atom is -0.356 e. The number of non-ortho nitro benzene ring substituents is 1. The first-order chi connectivity index (χ1) is 14.7. The smallest absolute Gasteiger partial charge is 0.270 e. The standard InChI is InChI=1S/C21H19N5O4/c27-26(28)17-5-3-4-14(11-17)19-12-20(24-30-19)23-16-7-8-18-15(10-16)13-22-25(18)21-6-1-2-9-29-21/h3-5,7-8,10-13,21H,1-2,6,9H2,(H,23,24). The van der Waals surface area contributed by atoms with Crippen LogP contribution in [-0.4, -0.2) is 26.5 Å². The fraction of sp³-hybridized carbons (Fsp3) is 0.238. The van der Waals surface area contributed by atoms with Crippen LogP contribution in [0.15, 0.2) is 59.3 Å². The number of hydrogen-bond donors (Lipinski definition) is 1. The molecule has 152 valence electrons. The largest absolute Gasteiger partial charge is 0.356 e. The summed E-state index contributed by atoms with van der Waals surface area (Å²) in [5.74, 6) is 0.961. The van der Waals surface area contributed by atoms with Gasteiger partial charge in [-0.1, -0.05) is 17.3 Å². The molecule has 2 aromatic carbocycles. The number of nitro groups is 1. The third-order valence-corrected chi connectivity index (χ3v) is 5.15. The number of benzene rings is 2. The normalized spacial score (nSPS) is 16.6. The van der Waals surface area contributed by atoms with E-state index in [-0.39, 0.29) is 11.9 Å². The average molecular weight is 405 g/mol. The number of rotatable bonds is 5. The van der Waals surface area contributed by atoms with Gasteiger partial charge in [-0.2, -0.15) is 5.10 Å². The van der Waals surface area contributed by atoms with Crippen molar-refractivity contribution >= 4 is 28.1 Å². The zero-order valence-corrected chi connectivity index (χ0v) is 16.0. The molecule has 2 aromatic heterocycles. The van der Waals surface area contributed by atoms with Crippen molar-refractivity contribution in [3.8, 4) is 11.3 Å². The molecule has 1 fully saturated rings. The quantitative estimate of drug-likeness (QED) is 0.366. The molecule has 1 saturated heterocycles. The predicted octanol–water partition coefficient (Wildman–Crippen LogP) is 5.04. The SMILES string of the molecule is O=[N+]([O-])c1cccc(-c2cc(Nc3ccc4c(cnn4C4CCCCO4)c3)no2)c1. The molecular formula is C21H19N5O4. The molecule has 0 amide bonds. The van der Waals surface area contributed by atoms with Gasteiger partial charge in [-0.3, -0.25) is 10.1 Å². The van der Waals surface area contributed by atoms with Crippen LogP contribution in [0.3, 0.4) is 0 Å². The molecule has 0 saturated carbocycles. The van der Waals surface area contributed by atoms with Crippen molar-refractivity contribution in [1.82, 2.24) is 14.9 Å². The molecule has 30 heavy (non-hydrogen) atoms. The van der Waals surface area contributed by atoms with E-state index in [9.17, 15) is 10.1 Å². The van der Waals surface area contributed by atoms with Crippen molar-refractivity contribution in [2.45, 2.75) is 25.5 Å². The Hall–Kier alpha value is -3.72. The van der Waals surface area contributed by atoms with Crippen molar-refractivity contribution in [3.63, 3.8) is 0 Å². The monoisotopic (exact) mass is 405 g/mol. The molecule has 1 aliphatic rings. The Kier molecular flexibility index (Phi) is 4.64. The molecule has 1 atom stereocenters. The van der Waals surface area contributed by atoms with E-state index in [4.69, 9.17) is 9.26 Å². The number of fused-ring (bicyclic) bond motifs is 1. The van der Waals surface area contributed by atoms with E-state index in [1.54, 1.807) is 18.2 Å². The first-order valence-corrected chi connectivity index (χ1v) is 9.75. The summed E-state index contributed by atoms with van der Waals surface area (Å²) in [6.45, 7) is 0.769. The number of nitrogens with zero attached hydrogens (tertiary/aromatic N) is 4. The molecule has 3 heterocycles. The molecule has 9 nitrogen and oxygen atoms in total. The summed E-state index contributed by atoms with van der Waals surface area (Å²) in [7, 11) is 0. The van der Waals surface area contributed by atoms with E-state index in [2.05, 4.69) is 15.6 Å². The van der Waals surface area contributed by atoms with E-state index in [0.29, 0.717) is 17.1 Å². The topological polar surface area (TPSA) is 108 Å². The highest BCUT2D eigenvalue weighted by Gasteiger charge is 2.18. The van der Waals surface area contributed by atoms with Gasteiger partial charge in [0.1, 0.15) is 0 Å². The molecule has 0 aliphatic carbocycles. The minimum absolute atomic E-state index is 0.00261. The predicted molar refractivity (Wildman–Crippen MR) is 110 cm³/mol. The third-order valence-electron chi connectivity index (χ3n) is 5.15. The van der Waals surface area contributed by atoms with Crippen LogP contribution in [0.5, 0.6) is 0 Å². The second-order valence-electron chi connectivity index (χ2n) is 7.19. The van der Waals surface area contributed by atoms with Gasteiger partial charge in [0, 0.05) is 41.4 Å². The summed E-state index contributed by atoms with van der Waals surface area (Å²) >= 11 is 0. The van der Waals surface area contributed by atoms with Crippen molar-refractivity contribution in [2.24, 2.45) is 0 Å². The highest BCUT2D eigenvalue weighted by Crippen LogP contribution is 2.30. The van der Waals surface area contributed by atoms with Gasteiger partial charge < -0.3 is 14.6 Å². The van der Waals surface area contributed by atoms with Gasteiger partial charge in [0.25, 0.3) is 5.69 Å². The van der Waals surface area contributed by atoms with Gasteiger partial charge in [0.2, 0.25) is 0 Å². The first kappa shape index (κ1) is 18.3. The lowest BCUT2D eigenvalue weighted by Gasteiger charge is -2.23. The van der Waals surface area contributed by atoms with Gasteiger partial charge in [-0.15, -0.1) is 0 Å². The first-order valence-electron chi connectivity index (χ1n) is 9.75. The molecule has 5 rings (SSSR count). The lowest BCUT2D eigenvalue weighted by atomic mass is 10.1. The molecule has 1 unspecified atom stereocenters. The minimum atomic E-state index is -0.438. The van der Waals surface area contributed by atoms with Gasteiger partial charge in [-0.25, -0.2) is 4.68 Å². The van der Waals surface area contributed by atoms with Gasteiger partial charge in [-0.05, 0) is 37.5 Å². The molecule has 1 aliphatic heterocycles. The molecule has 0 spiro atoms. The van der Waals surface area contributed by atoms with Crippen LogP contribution in [0.4, 0.5) is 17.2 Å². The van der Waals surface area contributed by atoms with Crippen LogP contribution in [0.2, 0.25) is 0 Å². The van der Waals surface area contributed by atoms with Crippen LogP contribution < -0.4 is 5.32 Å². The Morgan fingerprint density at radius 1 is 1.17 bits per heavy atom. The van der Waals surface area contributed by atoms with E-state index in [0.717, 1.165) is 42.5 Å². The van der Waals surface area contributed by atoms with E-state index in [1.165, 1.54) is 12.1 Å². The fourth-order valence-corrected chi connectivity index (χ4v) is 3.67. The Bertz CT molecular complexity index is 1210. The zero-order chi connectivity index (χ0) is 20.5. The van der Waals surface area contributed by atoms with Crippen molar-refractivity contribution in [2.75, 3.05) is 11.9 Å². The average Bonchev–Trinajstić information content (AvgIpc) is 3.41. The highest BCUT2D eigenvalue weighted by atomic mass is 16.6. The van der Waals surface area contributed by atoms with Crippen LogP contribution in [0.1, 0.15) is 25.5 Å². The summed E-state index contributed by atoms with van der Waals surface area (Å²) in [5, 5.41) is 23.7. The number of nitro benzene ring substituents is 1. The van der Waals surface area contributed by atoms with E-state index < -0.39 is 4.92 Å². The Labute approximate surface area is 171 Å². The van der Waals surface area contributed by atoms with Crippen LogP contribution in [0, 0.1) is 10.1 Å². The Balaban J connectivity index is 1.36. The molecule has 9 heteroatoms.